The van der Waals surface area contributed by atoms with Crippen LogP contribution in [0.4, 0.5) is 0 Å². The van der Waals surface area contributed by atoms with Gasteiger partial charge in [-0.2, -0.15) is 0 Å². The van der Waals surface area contributed by atoms with Crippen LogP contribution < -0.4 is 5.32 Å². The van der Waals surface area contributed by atoms with Crippen molar-refractivity contribution in [2.24, 2.45) is 5.92 Å². The Labute approximate surface area is 96.6 Å². The molecule has 0 bridgehead atoms. The molecule has 16 heavy (non-hydrogen) atoms. The molecular formula is C12H21NO3. The maximum absolute atomic E-state index is 8.76. The standard InChI is InChI=1S/C12H21NO3/c1-10(5-6-14)7-13-8-11-3-4-12(16-11)9-15-2/h3-4,10,13-14H,5-9H2,1-2H3. The van der Waals surface area contributed by atoms with Crippen LogP contribution in [0.1, 0.15) is 24.9 Å². The minimum absolute atomic E-state index is 0.252. The van der Waals surface area contributed by atoms with Gasteiger partial charge in [0, 0.05) is 13.7 Å². The van der Waals surface area contributed by atoms with E-state index in [9.17, 15) is 0 Å². The topological polar surface area (TPSA) is 54.6 Å². The number of hydrogen-bond acceptors (Lipinski definition) is 4. The normalized spacial score (nSPS) is 12.9. The van der Waals surface area contributed by atoms with Crippen molar-refractivity contribution in [3.05, 3.63) is 23.7 Å². The van der Waals surface area contributed by atoms with Gasteiger partial charge in [-0.1, -0.05) is 6.92 Å². The molecule has 0 spiro atoms. The van der Waals surface area contributed by atoms with Gasteiger partial charge < -0.3 is 19.6 Å². The van der Waals surface area contributed by atoms with Crippen molar-refractivity contribution in [1.82, 2.24) is 5.32 Å². The van der Waals surface area contributed by atoms with Gasteiger partial charge in [-0.05, 0) is 31.0 Å². The lowest BCUT2D eigenvalue weighted by atomic mass is 10.1. The fourth-order valence-corrected chi connectivity index (χ4v) is 1.50. The lowest BCUT2D eigenvalue weighted by Crippen LogP contribution is -2.21. The van der Waals surface area contributed by atoms with E-state index in [0.29, 0.717) is 12.5 Å². The molecule has 0 aliphatic carbocycles. The summed E-state index contributed by atoms with van der Waals surface area (Å²) in [7, 11) is 1.65. The van der Waals surface area contributed by atoms with E-state index >= 15 is 0 Å². The molecule has 1 unspecified atom stereocenters. The van der Waals surface area contributed by atoms with Gasteiger partial charge in [0.25, 0.3) is 0 Å². The summed E-state index contributed by atoms with van der Waals surface area (Å²) in [4.78, 5) is 0. The van der Waals surface area contributed by atoms with Crippen molar-refractivity contribution >= 4 is 0 Å². The summed E-state index contributed by atoms with van der Waals surface area (Å²) in [5.74, 6) is 2.25. The van der Waals surface area contributed by atoms with Gasteiger partial charge in [-0.25, -0.2) is 0 Å². The summed E-state index contributed by atoms with van der Waals surface area (Å²) in [5.41, 5.74) is 0. The van der Waals surface area contributed by atoms with Crippen LogP contribution in [0.5, 0.6) is 0 Å². The third-order valence-corrected chi connectivity index (χ3v) is 2.42. The molecule has 92 valence electrons. The third kappa shape index (κ3) is 4.79. The van der Waals surface area contributed by atoms with E-state index in [4.69, 9.17) is 14.3 Å². The van der Waals surface area contributed by atoms with Crippen molar-refractivity contribution in [3.63, 3.8) is 0 Å². The van der Waals surface area contributed by atoms with E-state index < -0.39 is 0 Å². The molecule has 2 N–H and O–H groups in total. The number of methoxy groups -OCH3 is 1. The summed E-state index contributed by atoms with van der Waals surface area (Å²) in [5, 5.41) is 12.1. The van der Waals surface area contributed by atoms with E-state index in [-0.39, 0.29) is 6.61 Å². The SMILES string of the molecule is COCc1ccc(CNCC(C)CCO)o1. The Morgan fingerprint density at radius 3 is 2.88 bits per heavy atom. The predicted octanol–water partition coefficient (Wildman–Crippen LogP) is 1.53. The molecule has 1 heterocycles. The molecule has 0 saturated carbocycles. The second-order valence-corrected chi connectivity index (χ2v) is 4.05. The van der Waals surface area contributed by atoms with E-state index in [2.05, 4.69) is 12.2 Å². The van der Waals surface area contributed by atoms with Crippen molar-refractivity contribution in [2.45, 2.75) is 26.5 Å². The van der Waals surface area contributed by atoms with Crippen molar-refractivity contribution in [2.75, 3.05) is 20.3 Å². The molecule has 0 radical (unpaired) electrons. The molecule has 0 aliphatic rings. The van der Waals surface area contributed by atoms with Crippen LogP contribution in [0.2, 0.25) is 0 Å². The Bertz CT molecular complexity index is 286. The Morgan fingerprint density at radius 2 is 2.19 bits per heavy atom. The Kier molecular flexibility index (Phi) is 6.15. The fraction of sp³-hybridized carbons (Fsp3) is 0.667. The van der Waals surface area contributed by atoms with E-state index in [0.717, 1.165) is 31.0 Å². The van der Waals surface area contributed by atoms with Crippen molar-refractivity contribution < 1.29 is 14.3 Å². The van der Waals surface area contributed by atoms with Crippen LogP contribution >= 0.6 is 0 Å². The minimum atomic E-state index is 0.252. The van der Waals surface area contributed by atoms with E-state index in [1.165, 1.54) is 0 Å². The number of aliphatic hydroxyl groups is 1. The maximum Gasteiger partial charge on any atom is 0.129 e. The predicted molar refractivity (Wildman–Crippen MR) is 62.0 cm³/mol. The first-order valence-electron chi connectivity index (χ1n) is 5.64. The van der Waals surface area contributed by atoms with Crippen LogP contribution in [-0.2, 0) is 17.9 Å². The van der Waals surface area contributed by atoms with Gasteiger partial charge >= 0.3 is 0 Å². The summed E-state index contributed by atoms with van der Waals surface area (Å²) in [6, 6.07) is 3.88. The highest BCUT2D eigenvalue weighted by Gasteiger charge is 2.03. The average molecular weight is 227 g/mol. The smallest absolute Gasteiger partial charge is 0.129 e. The zero-order chi connectivity index (χ0) is 11.8. The summed E-state index contributed by atoms with van der Waals surface area (Å²) < 4.78 is 10.5. The molecule has 1 rings (SSSR count). The zero-order valence-corrected chi connectivity index (χ0v) is 10.0. The minimum Gasteiger partial charge on any atom is -0.462 e. The molecule has 4 heteroatoms. The summed E-state index contributed by atoms with van der Waals surface area (Å²) in [6.07, 6.45) is 0.833. The van der Waals surface area contributed by atoms with Gasteiger partial charge in [-0.15, -0.1) is 0 Å². The lowest BCUT2D eigenvalue weighted by Gasteiger charge is -2.09. The van der Waals surface area contributed by atoms with E-state index in [1.807, 2.05) is 12.1 Å². The number of nitrogens with one attached hydrogen (secondary N) is 1. The molecule has 1 atom stereocenters. The fourth-order valence-electron chi connectivity index (χ4n) is 1.50. The maximum atomic E-state index is 8.76. The highest BCUT2D eigenvalue weighted by molar-refractivity contribution is 5.06. The monoisotopic (exact) mass is 227 g/mol. The van der Waals surface area contributed by atoms with Gasteiger partial charge in [0.05, 0.1) is 6.54 Å². The number of ether oxygens (including phenoxy) is 1. The molecule has 0 amide bonds. The first-order valence-corrected chi connectivity index (χ1v) is 5.64. The van der Waals surface area contributed by atoms with Crippen LogP contribution in [0.15, 0.2) is 16.5 Å². The molecule has 0 aromatic carbocycles. The highest BCUT2D eigenvalue weighted by atomic mass is 16.5. The van der Waals surface area contributed by atoms with Crippen molar-refractivity contribution in [1.29, 1.82) is 0 Å². The summed E-state index contributed by atoms with van der Waals surface area (Å²) >= 11 is 0. The molecule has 1 aromatic rings. The van der Waals surface area contributed by atoms with Crippen LogP contribution in [0.25, 0.3) is 0 Å². The number of aliphatic hydroxyl groups excluding tert-OH is 1. The van der Waals surface area contributed by atoms with Gasteiger partial charge in [-0.3, -0.25) is 0 Å². The zero-order valence-electron chi connectivity index (χ0n) is 10.0. The number of furan rings is 1. The number of hydrogen-bond donors (Lipinski definition) is 2. The van der Waals surface area contributed by atoms with Crippen LogP contribution in [0, 0.1) is 5.92 Å². The van der Waals surface area contributed by atoms with Crippen LogP contribution in [0.3, 0.4) is 0 Å². The van der Waals surface area contributed by atoms with Crippen LogP contribution in [-0.4, -0.2) is 25.4 Å². The van der Waals surface area contributed by atoms with E-state index in [1.54, 1.807) is 7.11 Å². The Balaban J connectivity index is 2.21. The first-order chi connectivity index (χ1) is 7.76. The molecule has 0 aliphatic heterocycles. The Morgan fingerprint density at radius 1 is 1.44 bits per heavy atom. The third-order valence-electron chi connectivity index (χ3n) is 2.42. The largest absolute Gasteiger partial charge is 0.462 e. The number of rotatable bonds is 8. The second-order valence-electron chi connectivity index (χ2n) is 4.05. The highest BCUT2D eigenvalue weighted by Crippen LogP contribution is 2.08. The molecule has 0 saturated heterocycles. The molecule has 1 aromatic heterocycles. The first kappa shape index (κ1) is 13.2. The molecule has 0 fully saturated rings. The quantitative estimate of drug-likeness (QED) is 0.707. The second kappa shape index (κ2) is 7.44. The average Bonchev–Trinajstić information content (AvgIpc) is 2.67. The van der Waals surface area contributed by atoms with Gasteiger partial charge in [0.1, 0.15) is 18.1 Å². The molecule has 4 nitrogen and oxygen atoms in total. The Hall–Kier alpha value is -0.840. The van der Waals surface area contributed by atoms with Crippen molar-refractivity contribution in [3.8, 4) is 0 Å². The summed E-state index contributed by atoms with van der Waals surface area (Å²) in [6.45, 7) is 4.49. The lowest BCUT2D eigenvalue weighted by molar-refractivity contribution is 0.162. The van der Waals surface area contributed by atoms with Gasteiger partial charge in [0.2, 0.25) is 0 Å². The molecular weight excluding hydrogens is 206 g/mol. The van der Waals surface area contributed by atoms with Gasteiger partial charge in [0.15, 0.2) is 0 Å².